The van der Waals surface area contributed by atoms with Crippen molar-refractivity contribution >= 4 is 28.3 Å². The van der Waals surface area contributed by atoms with Crippen LogP contribution in [-0.4, -0.2) is 4.92 Å². The second-order valence-electron chi connectivity index (χ2n) is 5.75. The maximum absolute atomic E-state index is 10.9. The third-order valence-electron chi connectivity index (χ3n) is 4.16. The predicted octanol–water partition coefficient (Wildman–Crippen LogP) is 6.20. The lowest BCUT2D eigenvalue weighted by molar-refractivity contribution is -0.384. The smallest absolute Gasteiger partial charge is 0.258 e. The number of hydrogen-bond donors (Lipinski definition) is 0. The zero-order valence-electron chi connectivity index (χ0n) is 13.8. The summed E-state index contributed by atoms with van der Waals surface area (Å²) in [5.41, 5.74) is 5.03. The van der Waals surface area contributed by atoms with Crippen molar-refractivity contribution in [3.05, 3.63) is 92.1 Å². The molecule has 0 fully saturated rings. The van der Waals surface area contributed by atoms with E-state index in [4.69, 9.17) is 0 Å². The lowest BCUT2D eigenvalue weighted by Crippen LogP contribution is -1.92. The molecule has 27 heavy (non-hydrogen) atoms. The summed E-state index contributed by atoms with van der Waals surface area (Å²) >= 11 is 2.31. The Morgan fingerprint density at radius 3 is 1.85 bits per heavy atom. The van der Waals surface area contributed by atoms with Gasteiger partial charge in [0.25, 0.3) is 5.69 Å². The molecule has 0 saturated heterocycles. The first kappa shape index (κ1) is 17.3. The third kappa shape index (κ3) is 3.43. The summed E-state index contributed by atoms with van der Waals surface area (Å²) in [5, 5.41) is 25.6. The first-order valence-electron chi connectivity index (χ1n) is 7.96. The highest BCUT2D eigenvalue weighted by molar-refractivity contribution is 14.1. The van der Waals surface area contributed by atoms with E-state index in [2.05, 4.69) is 43.3 Å². The Hall–Kier alpha value is -3.14. The molecule has 0 atom stereocenters. The van der Waals surface area contributed by atoms with Gasteiger partial charge in [-0.15, -0.1) is 0 Å². The van der Waals surface area contributed by atoms with Gasteiger partial charge in [-0.25, -0.2) is 0 Å². The molecular formula is C19H11IN5O2+. The maximum atomic E-state index is 10.9. The second kappa shape index (κ2) is 7.23. The van der Waals surface area contributed by atoms with E-state index >= 15 is 0 Å². The van der Waals surface area contributed by atoms with E-state index in [9.17, 15) is 10.1 Å². The molecule has 1 aliphatic heterocycles. The van der Waals surface area contributed by atoms with Crippen LogP contribution in [0.25, 0.3) is 22.3 Å². The minimum atomic E-state index is -0.395. The second-order valence-corrected chi connectivity index (χ2v) is 6.83. The number of benzene rings is 3. The van der Waals surface area contributed by atoms with Gasteiger partial charge >= 0.3 is 6.17 Å². The van der Waals surface area contributed by atoms with Crippen molar-refractivity contribution in [2.45, 2.75) is 0 Å². The molecule has 0 saturated carbocycles. The summed E-state index contributed by atoms with van der Waals surface area (Å²) in [6, 6.07) is 20.5. The van der Waals surface area contributed by atoms with E-state index < -0.39 is 4.92 Å². The first-order valence-corrected chi connectivity index (χ1v) is 9.04. The monoisotopic (exact) mass is 468 g/mol. The molecule has 8 heteroatoms. The Balaban J connectivity index is 1.68. The molecule has 0 unspecified atom stereocenters. The van der Waals surface area contributed by atoms with Crippen molar-refractivity contribution in [1.29, 1.82) is 0 Å². The topological polar surface area (TPSA) is 92.6 Å². The average molecular weight is 468 g/mol. The van der Waals surface area contributed by atoms with Crippen LogP contribution in [0.4, 0.5) is 5.69 Å². The summed E-state index contributed by atoms with van der Waals surface area (Å²) in [5.74, 6) is 0. The van der Waals surface area contributed by atoms with Gasteiger partial charge in [0.1, 0.15) is 0 Å². The molecule has 4 rings (SSSR count). The molecule has 0 amide bonds. The van der Waals surface area contributed by atoms with E-state index in [1.54, 1.807) is 12.1 Å². The standard InChI is InChI=1S/C19H11IN5O2/c20-18-16(12-4-6-14(7-5-12)19-21-23-24-22-19)2-1-3-17(18)13-8-10-15(11-9-13)25(26)27/h1-11H/q+1. The Kier molecular flexibility index (Phi) is 4.63. The van der Waals surface area contributed by atoms with Crippen molar-refractivity contribution in [2.75, 3.05) is 0 Å². The van der Waals surface area contributed by atoms with Crippen LogP contribution in [-0.2, 0) is 0 Å². The fraction of sp³-hybridized carbons (Fsp3) is 0. The number of non-ortho nitro benzene ring substituents is 1. The molecule has 0 N–H and O–H groups in total. The summed E-state index contributed by atoms with van der Waals surface area (Å²) in [6.07, 6.45) is 0.496. The minimum Gasteiger partial charge on any atom is -0.258 e. The normalized spacial score (nSPS) is 12.6. The van der Waals surface area contributed by atoms with Crippen LogP contribution < -0.4 is 0 Å². The molecular weight excluding hydrogens is 457 g/mol. The fourth-order valence-electron chi connectivity index (χ4n) is 2.80. The number of nitro benzene ring substituents is 1. The van der Waals surface area contributed by atoms with Crippen LogP contribution in [0.5, 0.6) is 0 Å². The molecule has 0 aliphatic carbocycles. The van der Waals surface area contributed by atoms with Gasteiger partial charge in [0.05, 0.1) is 17.1 Å². The van der Waals surface area contributed by atoms with Crippen LogP contribution in [0.15, 0.2) is 87.4 Å². The molecule has 130 valence electrons. The van der Waals surface area contributed by atoms with Gasteiger partial charge in [-0.1, -0.05) is 18.2 Å². The Bertz CT molecular complexity index is 1050. The number of nitrogens with zero attached hydrogens (tertiary/aromatic N) is 5. The Labute approximate surface area is 168 Å². The molecule has 0 spiro atoms. The van der Waals surface area contributed by atoms with Gasteiger partial charge < -0.3 is 0 Å². The maximum Gasteiger partial charge on any atom is 0.313 e. The van der Waals surface area contributed by atoms with E-state index in [0.29, 0.717) is 6.17 Å². The summed E-state index contributed by atoms with van der Waals surface area (Å²) in [4.78, 5) is 10.5. The van der Waals surface area contributed by atoms with Crippen molar-refractivity contribution in [3.8, 4) is 22.3 Å². The summed E-state index contributed by atoms with van der Waals surface area (Å²) in [6.45, 7) is 0. The summed E-state index contributed by atoms with van der Waals surface area (Å²) in [7, 11) is 0. The first-order chi connectivity index (χ1) is 13.1. The molecule has 0 bridgehead atoms. The van der Waals surface area contributed by atoms with Crippen molar-refractivity contribution in [3.63, 3.8) is 0 Å². The van der Waals surface area contributed by atoms with Crippen LogP contribution in [0, 0.1) is 19.9 Å². The zero-order valence-corrected chi connectivity index (χ0v) is 15.9. The average Bonchev–Trinajstić information content (AvgIpc) is 3.23. The van der Waals surface area contributed by atoms with Crippen molar-refractivity contribution in [2.24, 2.45) is 20.7 Å². The van der Waals surface area contributed by atoms with Crippen LogP contribution in [0.3, 0.4) is 0 Å². The molecule has 0 aromatic heterocycles. The quantitative estimate of drug-likeness (QED) is 0.197. The fourth-order valence-corrected chi connectivity index (χ4v) is 3.78. The third-order valence-corrected chi connectivity index (χ3v) is 5.32. The van der Waals surface area contributed by atoms with Gasteiger partial charge in [-0.2, -0.15) is 0 Å². The lowest BCUT2D eigenvalue weighted by atomic mass is 9.98. The number of halogens is 1. The van der Waals surface area contributed by atoms with Crippen LogP contribution >= 0.6 is 22.6 Å². The Morgan fingerprint density at radius 2 is 1.33 bits per heavy atom. The largest absolute Gasteiger partial charge is 0.313 e. The highest BCUT2D eigenvalue weighted by atomic mass is 127. The van der Waals surface area contributed by atoms with E-state index in [-0.39, 0.29) is 5.69 Å². The lowest BCUT2D eigenvalue weighted by Gasteiger charge is -2.10. The molecule has 3 aromatic rings. The highest BCUT2D eigenvalue weighted by Crippen LogP contribution is 2.35. The van der Waals surface area contributed by atoms with E-state index in [0.717, 1.165) is 31.4 Å². The highest BCUT2D eigenvalue weighted by Gasteiger charge is 2.23. The van der Waals surface area contributed by atoms with E-state index in [1.807, 2.05) is 42.5 Å². The number of hydrogen-bond acceptors (Lipinski definition) is 6. The van der Waals surface area contributed by atoms with Gasteiger partial charge in [0, 0.05) is 33.4 Å². The van der Waals surface area contributed by atoms with Gasteiger partial charge in [-0.3, -0.25) is 10.1 Å². The minimum absolute atomic E-state index is 0.0826. The molecule has 3 aromatic carbocycles. The molecule has 7 nitrogen and oxygen atoms in total. The predicted molar refractivity (Wildman–Crippen MR) is 109 cm³/mol. The van der Waals surface area contributed by atoms with E-state index in [1.165, 1.54) is 12.1 Å². The molecule has 0 radical (unpaired) electrons. The number of rotatable bonds is 4. The molecule has 1 aliphatic rings. The number of nitro groups is 1. The van der Waals surface area contributed by atoms with Gasteiger partial charge in [0.15, 0.2) is 5.56 Å². The SMILES string of the molecule is O=[N+]([O-])c1ccc(-c2cccc(-c3ccc([C+]4N=NN=N4)cc3)c2I)cc1. The van der Waals surface area contributed by atoms with Gasteiger partial charge in [0.2, 0.25) is 0 Å². The zero-order chi connectivity index (χ0) is 18.8. The van der Waals surface area contributed by atoms with Crippen LogP contribution in [0.1, 0.15) is 5.56 Å². The van der Waals surface area contributed by atoms with Gasteiger partial charge in [-0.05, 0) is 72.1 Å². The summed E-state index contributed by atoms with van der Waals surface area (Å²) < 4.78 is 1.07. The Morgan fingerprint density at radius 1 is 0.815 bits per heavy atom. The van der Waals surface area contributed by atoms with Crippen molar-refractivity contribution in [1.82, 2.24) is 0 Å². The van der Waals surface area contributed by atoms with Crippen LogP contribution in [0.2, 0.25) is 0 Å². The van der Waals surface area contributed by atoms with Crippen molar-refractivity contribution < 1.29 is 4.92 Å². The molecule has 1 heterocycles.